The lowest BCUT2D eigenvalue weighted by atomic mass is 9.46. The first-order chi connectivity index (χ1) is 15.8. The minimum absolute atomic E-state index is 0.0302. The number of ether oxygens (including phenoxy) is 1. The topological polar surface area (TPSA) is 107 Å². The Labute approximate surface area is 203 Å². The average molecular weight is 477 g/mol. The summed E-state index contributed by atoms with van der Waals surface area (Å²) in [6, 6.07) is 0. The van der Waals surface area contributed by atoms with E-state index >= 15 is 0 Å². The van der Waals surface area contributed by atoms with Crippen molar-refractivity contribution in [2.75, 3.05) is 6.61 Å². The number of fused-ring (bicyclic) bond motifs is 5. The summed E-state index contributed by atoms with van der Waals surface area (Å²) < 4.78 is 5.91. The molecule has 5 aliphatic rings. The zero-order valence-corrected chi connectivity index (χ0v) is 21.5. The van der Waals surface area contributed by atoms with Crippen LogP contribution in [0.3, 0.4) is 0 Å². The number of allylic oxidation sites excluding steroid dienone is 1. The van der Waals surface area contributed by atoms with Crippen molar-refractivity contribution >= 4 is 5.78 Å². The molecular weight excluding hydrogens is 432 g/mol. The molecule has 6 heteroatoms. The van der Waals surface area contributed by atoms with Gasteiger partial charge in [0.2, 0.25) is 0 Å². The van der Waals surface area contributed by atoms with Crippen LogP contribution in [0.25, 0.3) is 0 Å². The normalized spacial score (nSPS) is 53.4. The fraction of sp³-hybridized carbons (Fsp3) is 0.893. The fourth-order valence-electron chi connectivity index (χ4n) is 9.06. The molecule has 12 atom stereocenters. The van der Waals surface area contributed by atoms with Gasteiger partial charge in [-0.15, -0.1) is 0 Å². The molecule has 1 heterocycles. The summed E-state index contributed by atoms with van der Waals surface area (Å²) in [6.45, 7) is 10.7. The molecule has 3 saturated carbocycles. The van der Waals surface area contributed by atoms with Crippen LogP contribution in [0.1, 0.15) is 79.6 Å². The number of rotatable bonds is 3. The number of aliphatic hydroxyl groups is 4. The van der Waals surface area contributed by atoms with Crippen molar-refractivity contribution in [3.05, 3.63) is 11.6 Å². The summed E-state index contributed by atoms with van der Waals surface area (Å²) >= 11 is 0. The Morgan fingerprint density at radius 3 is 2.47 bits per heavy atom. The Bertz CT molecular complexity index is 882. The first-order valence-corrected chi connectivity index (χ1v) is 13.5. The van der Waals surface area contributed by atoms with Crippen molar-refractivity contribution in [2.45, 2.75) is 109 Å². The van der Waals surface area contributed by atoms with Crippen LogP contribution in [-0.2, 0) is 9.53 Å². The smallest absolute Gasteiger partial charge is 0.159 e. The Morgan fingerprint density at radius 1 is 1.12 bits per heavy atom. The number of ketones is 1. The maximum atomic E-state index is 13.3. The minimum Gasteiger partial charge on any atom is -0.393 e. The lowest BCUT2D eigenvalue weighted by Gasteiger charge is -2.60. The van der Waals surface area contributed by atoms with E-state index in [-0.39, 0.29) is 34.9 Å². The molecule has 0 unspecified atom stereocenters. The molecule has 4 fully saturated rings. The molecule has 1 aliphatic heterocycles. The number of hydrogen-bond donors (Lipinski definition) is 4. The molecule has 34 heavy (non-hydrogen) atoms. The Kier molecular flexibility index (Phi) is 5.75. The largest absolute Gasteiger partial charge is 0.393 e. The summed E-state index contributed by atoms with van der Waals surface area (Å²) in [5.41, 5.74) is -2.66. The molecule has 0 aromatic carbocycles. The first kappa shape index (κ1) is 24.9. The molecule has 0 amide bonds. The van der Waals surface area contributed by atoms with Crippen LogP contribution in [0.4, 0.5) is 0 Å². The number of hydrogen-bond acceptors (Lipinski definition) is 6. The summed E-state index contributed by atoms with van der Waals surface area (Å²) in [4.78, 5) is 13.3. The van der Waals surface area contributed by atoms with E-state index < -0.39 is 34.9 Å². The van der Waals surface area contributed by atoms with Crippen molar-refractivity contribution in [2.24, 2.45) is 40.4 Å². The summed E-state index contributed by atoms with van der Waals surface area (Å²) in [5.74, 6) is 0.0899. The van der Waals surface area contributed by atoms with Gasteiger partial charge >= 0.3 is 0 Å². The van der Waals surface area contributed by atoms with E-state index in [1.54, 1.807) is 13.0 Å². The predicted molar refractivity (Wildman–Crippen MR) is 128 cm³/mol. The second-order valence-corrected chi connectivity index (χ2v) is 13.3. The number of carbonyl (C=O) groups is 1. The van der Waals surface area contributed by atoms with Gasteiger partial charge < -0.3 is 25.2 Å². The van der Waals surface area contributed by atoms with E-state index in [0.717, 1.165) is 24.8 Å². The minimum atomic E-state index is -1.42. The molecule has 0 spiro atoms. The van der Waals surface area contributed by atoms with Crippen LogP contribution in [-0.4, -0.2) is 62.3 Å². The molecule has 0 bridgehead atoms. The number of carbonyl (C=O) groups excluding carboxylic acids is 1. The first-order valence-electron chi connectivity index (χ1n) is 13.5. The van der Waals surface area contributed by atoms with Gasteiger partial charge in [0, 0.05) is 17.9 Å². The zero-order valence-electron chi connectivity index (χ0n) is 21.5. The van der Waals surface area contributed by atoms with Gasteiger partial charge in [0.15, 0.2) is 5.78 Å². The molecule has 0 radical (unpaired) electrons. The molecule has 1 saturated heterocycles. The maximum Gasteiger partial charge on any atom is 0.159 e. The monoisotopic (exact) mass is 476 g/mol. The Hall–Kier alpha value is -0.790. The highest BCUT2D eigenvalue weighted by Gasteiger charge is 2.69. The third-order valence-electron chi connectivity index (χ3n) is 11.7. The molecular formula is C28H44O6. The van der Waals surface area contributed by atoms with Gasteiger partial charge in [0.1, 0.15) is 6.10 Å². The molecule has 0 aromatic rings. The molecule has 4 N–H and O–H groups in total. The van der Waals surface area contributed by atoms with Gasteiger partial charge in [-0.25, -0.2) is 0 Å². The quantitative estimate of drug-likeness (QED) is 0.499. The zero-order chi connectivity index (χ0) is 24.8. The number of aliphatic hydroxyl groups excluding tert-OH is 2. The van der Waals surface area contributed by atoms with Gasteiger partial charge in [-0.05, 0) is 92.6 Å². The lowest BCUT2D eigenvalue weighted by Crippen LogP contribution is -2.63. The van der Waals surface area contributed by atoms with Crippen LogP contribution < -0.4 is 0 Å². The highest BCUT2D eigenvalue weighted by Crippen LogP contribution is 2.68. The molecule has 192 valence electrons. The Balaban J connectivity index is 1.48. The summed E-state index contributed by atoms with van der Waals surface area (Å²) in [7, 11) is 0. The standard InChI is InChI=1S/C28H44O6/c1-15-14-34-23(16(15)2)24(31)27(5,32)22-8-11-28(33)19-13-21(30)20-12-17(29)6-9-25(20,3)18(19)7-10-26(22,28)4/h13,15-18,20,22-24,29,31-33H,6-12,14H2,1-5H3/t15-,16+,17-,18-,20-,22-,23-,24+,25+,26+,27-,28+/m0/s1. The third-order valence-corrected chi connectivity index (χ3v) is 11.7. The summed E-state index contributed by atoms with van der Waals surface area (Å²) in [6.07, 6.45) is 4.43. The van der Waals surface area contributed by atoms with Crippen LogP contribution in [0, 0.1) is 40.4 Å². The van der Waals surface area contributed by atoms with E-state index in [0.29, 0.717) is 38.2 Å². The molecule has 5 rings (SSSR count). The SMILES string of the molecule is C[C@H]1[C@@H]([C@@H](O)[C@@](C)(O)[C@H]2CC[C@@]3(O)C4=CC(=O)[C@@H]5C[C@@H](O)CC[C@]5(C)[C@H]4CC[C@]23C)OC[C@@H]1C. The van der Waals surface area contributed by atoms with E-state index in [2.05, 4.69) is 20.8 Å². The highest BCUT2D eigenvalue weighted by atomic mass is 16.5. The highest BCUT2D eigenvalue weighted by molar-refractivity contribution is 5.95. The molecule has 4 aliphatic carbocycles. The van der Waals surface area contributed by atoms with Crippen LogP contribution >= 0.6 is 0 Å². The average Bonchev–Trinajstić information content (AvgIpc) is 3.25. The van der Waals surface area contributed by atoms with Gasteiger partial charge in [-0.3, -0.25) is 4.79 Å². The summed E-state index contributed by atoms with van der Waals surface area (Å²) in [5, 5.41) is 45.7. The van der Waals surface area contributed by atoms with E-state index in [9.17, 15) is 25.2 Å². The van der Waals surface area contributed by atoms with Gasteiger partial charge in [-0.1, -0.05) is 27.7 Å². The van der Waals surface area contributed by atoms with E-state index in [4.69, 9.17) is 4.74 Å². The lowest BCUT2D eigenvalue weighted by molar-refractivity contribution is -0.193. The maximum absolute atomic E-state index is 13.3. The fourth-order valence-corrected chi connectivity index (χ4v) is 9.06. The van der Waals surface area contributed by atoms with Crippen molar-refractivity contribution in [3.8, 4) is 0 Å². The predicted octanol–water partition coefficient (Wildman–Crippen LogP) is 3.00. The van der Waals surface area contributed by atoms with Crippen LogP contribution in [0.15, 0.2) is 11.6 Å². The van der Waals surface area contributed by atoms with Crippen molar-refractivity contribution in [3.63, 3.8) is 0 Å². The van der Waals surface area contributed by atoms with Crippen molar-refractivity contribution in [1.82, 2.24) is 0 Å². The van der Waals surface area contributed by atoms with Crippen molar-refractivity contribution < 1.29 is 30.0 Å². The van der Waals surface area contributed by atoms with Gasteiger partial charge in [0.05, 0.1) is 23.4 Å². The van der Waals surface area contributed by atoms with Gasteiger partial charge in [-0.2, -0.15) is 0 Å². The van der Waals surface area contributed by atoms with E-state index in [1.807, 2.05) is 6.92 Å². The third kappa shape index (κ3) is 3.14. The van der Waals surface area contributed by atoms with E-state index in [1.165, 1.54) is 0 Å². The molecule has 0 aromatic heterocycles. The molecule has 6 nitrogen and oxygen atoms in total. The Morgan fingerprint density at radius 2 is 1.82 bits per heavy atom. The second kappa shape index (κ2) is 7.85. The second-order valence-electron chi connectivity index (χ2n) is 13.3. The van der Waals surface area contributed by atoms with Crippen LogP contribution in [0.5, 0.6) is 0 Å². The van der Waals surface area contributed by atoms with Crippen LogP contribution in [0.2, 0.25) is 0 Å². The van der Waals surface area contributed by atoms with Gasteiger partial charge in [0.25, 0.3) is 0 Å². The van der Waals surface area contributed by atoms with Crippen molar-refractivity contribution in [1.29, 1.82) is 0 Å².